The van der Waals surface area contributed by atoms with Crippen LogP contribution >= 0.6 is 11.6 Å². The van der Waals surface area contributed by atoms with Crippen LogP contribution in [0.4, 0.5) is 15.9 Å². The van der Waals surface area contributed by atoms with E-state index >= 15 is 0 Å². The van der Waals surface area contributed by atoms with Crippen LogP contribution in [0.25, 0.3) is 10.8 Å². The number of aryl methyl sites for hydroxylation is 1. The molecule has 32 heavy (non-hydrogen) atoms. The van der Waals surface area contributed by atoms with E-state index in [4.69, 9.17) is 11.6 Å². The van der Waals surface area contributed by atoms with E-state index in [2.05, 4.69) is 20.6 Å². The van der Waals surface area contributed by atoms with Crippen LogP contribution in [0.15, 0.2) is 67.0 Å². The molecule has 2 aromatic heterocycles. The van der Waals surface area contributed by atoms with Gasteiger partial charge in [-0.3, -0.25) is 9.78 Å². The Bertz CT molecular complexity index is 1300. The molecule has 0 spiro atoms. The minimum Gasteiger partial charge on any atom is -0.394 e. The number of nitrogens with one attached hydrogen (secondary N) is 2. The van der Waals surface area contributed by atoms with Crippen molar-refractivity contribution in [2.24, 2.45) is 0 Å². The predicted octanol–water partition coefficient (Wildman–Crippen LogP) is 4.94. The number of halogens is 2. The highest BCUT2D eigenvalue weighted by molar-refractivity contribution is 6.30. The lowest BCUT2D eigenvalue weighted by Crippen LogP contribution is -2.30. The topological polar surface area (TPSA) is 87.1 Å². The summed E-state index contributed by atoms with van der Waals surface area (Å²) in [5, 5.41) is 17.3. The fraction of sp³-hybridized carbons (Fsp3) is 0.125. The van der Waals surface area contributed by atoms with Crippen LogP contribution in [0.1, 0.15) is 27.7 Å². The van der Waals surface area contributed by atoms with Gasteiger partial charge in [-0.2, -0.15) is 0 Å². The lowest BCUT2D eigenvalue weighted by molar-refractivity contribution is 0.0916. The van der Waals surface area contributed by atoms with Crippen molar-refractivity contribution in [1.82, 2.24) is 15.3 Å². The van der Waals surface area contributed by atoms with E-state index in [-0.39, 0.29) is 11.6 Å². The summed E-state index contributed by atoms with van der Waals surface area (Å²) >= 11 is 5.72. The van der Waals surface area contributed by atoms with E-state index in [1.54, 1.807) is 36.7 Å². The number of hydrogen-bond donors (Lipinski definition) is 3. The molecule has 0 saturated heterocycles. The van der Waals surface area contributed by atoms with Crippen molar-refractivity contribution in [3.8, 4) is 0 Å². The van der Waals surface area contributed by atoms with Gasteiger partial charge in [0.25, 0.3) is 5.91 Å². The van der Waals surface area contributed by atoms with Crippen LogP contribution in [0, 0.1) is 12.7 Å². The molecular weight excluding hydrogens is 431 g/mol. The van der Waals surface area contributed by atoms with Gasteiger partial charge in [0.1, 0.15) is 11.6 Å². The molecule has 0 radical (unpaired) electrons. The summed E-state index contributed by atoms with van der Waals surface area (Å²) in [6, 6.07) is 14.2. The number of pyridine rings is 2. The van der Waals surface area contributed by atoms with Gasteiger partial charge < -0.3 is 15.7 Å². The highest BCUT2D eigenvalue weighted by Gasteiger charge is 2.17. The first kappa shape index (κ1) is 21.7. The molecule has 8 heteroatoms. The van der Waals surface area contributed by atoms with Gasteiger partial charge in [0.2, 0.25) is 0 Å². The first-order chi connectivity index (χ1) is 15.4. The molecule has 0 fully saturated rings. The summed E-state index contributed by atoms with van der Waals surface area (Å²) in [6.45, 7) is 1.52. The number of carbonyl (C=O) groups is 1. The van der Waals surface area contributed by atoms with Crippen LogP contribution in [0.3, 0.4) is 0 Å². The fourth-order valence-electron chi connectivity index (χ4n) is 3.33. The van der Waals surface area contributed by atoms with E-state index in [0.29, 0.717) is 16.9 Å². The van der Waals surface area contributed by atoms with Gasteiger partial charge in [-0.1, -0.05) is 23.7 Å². The minimum atomic E-state index is -0.769. The monoisotopic (exact) mass is 450 g/mol. The third kappa shape index (κ3) is 4.85. The average molecular weight is 451 g/mol. The van der Waals surface area contributed by atoms with Crippen LogP contribution in [0.2, 0.25) is 5.02 Å². The number of anilines is 2. The Hall–Kier alpha value is -3.55. The van der Waals surface area contributed by atoms with Crippen LogP contribution in [-0.4, -0.2) is 27.6 Å². The number of aliphatic hydroxyl groups is 1. The van der Waals surface area contributed by atoms with Crippen molar-refractivity contribution in [2.45, 2.75) is 13.0 Å². The van der Waals surface area contributed by atoms with Gasteiger partial charge in [0, 0.05) is 34.7 Å². The van der Waals surface area contributed by atoms with Crippen molar-refractivity contribution >= 4 is 39.8 Å². The van der Waals surface area contributed by atoms with E-state index in [1.165, 1.54) is 12.1 Å². The molecular formula is C24H20ClFN4O2. The third-order valence-electron chi connectivity index (χ3n) is 4.99. The molecule has 4 rings (SSSR count). The number of rotatable bonds is 6. The molecule has 1 amide bonds. The Kier molecular flexibility index (Phi) is 6.30. The molecule has 6 nitrogen and oxygen atoms in total. The molecule has 2 aromatic carbocycles. The number of amides is 1. The quantitative estimate of drug-likeness (QED) is 0.387. The Labute approximate surface area is 189 Å². The molecule has 162 valence electrons. The van der Waals surface area contributed by atoms with Crippen LogP contribution in [0.5, 0.6) is 0 Å². The molecule has 1 atom stereocenters. The maximum absolute atomic E-state index is 13.8. The molecule has 0 aliphatic rings. The largest absolute Gasteiger partial charge is 0.394 e. The summed E-state index contributed by atoms with van der Waals surface area (Å²) in [5.74, 6) is -0.373. The van der Waals surface area contributed by atoms with Crippen molar-refractivity contribution in [1.29, 1.82) is 0 Å². The number of hydrogen-bond acceptors (Lipinski definition) is 5. The Balaban J connectivity index is 1.56. The number of carbonyl (C=O) groups excluding carboxylic acids is 1. The molecule has 4 aromatic rings. The maximum atomic E-state index is 13.8. The van der Waals surface area contributed by atoms with E-state index in [1.807, 2.05) is 25.1 Å². The predicted molar refractivity (Wildman–Crippen MR) is 123 cm³/mol. The zero-order valence-corrected chi connectivity index (χ0v) is 17.9. The van der Waals surface area contributed by atoms with E-state index in [9.17, 15) is 14.3 Å². The first-order valence-electron chi connectivity index (χ1n) is 9.89. The summed E-state index contributed by atoms with van der Waals surface area (Å²) < 4.78 is 13.8. The van der Waals surface area contributed by atoms with Crippen LogP contribution < -0.4 is 10.6 Å². The summed E-state index contributed by atoms with van der Waals surface area (Å²) in [7, 11) is 0. The Morgan fingerprint density at radius 1 is 1.09 bits per heavy atom. The lowest BCUT2D eigenvalue weighted by Gasteiger charge is -2.17. The van der Waals surface area contributed by atoms with Crippen molar-refractivity contribution < 1.29 is 14.3 Å². The molecule has 2 heterocycles. The van der Waals surface area contributed by atoms with Gasteiger partial charge in [-0.15, -0.1) is 0 Å². The smallest absolute Gasteiger partial charge is 0.251 e. The van der Waals surface area contributed by atoms with Gasteiger partial charge in [-0.05, 0) is 60.3 Å². The van der Waals surface area contributed by atoms with E-state index in [0.717, 1.165) is 22.2 Å². The standard InChI is InChI=1S/C24H20ClFN4O2/c1-14-8-19(6-7-27-14)29-23-11-18-9-16(2-3-17(18)12-28-23)24(32)30-22(13-31)15-4-5-20(25)21(26)10-15/h2-12,22,31H,13H2,1H3,(H,30,32)(H,27,28,29). The summed E-state index contributed by atoms with van der Waals surface area (Å²) in [5.41, 5.74) is 2.57. The van der Waals surface area contributed by atoms with Crippen molar-refractivity contribution in [2.75, 3.05) is 11.9 Å². The van der Waals surface area contributed by atoms with Crippen molar-refractivity contribution in [3.05, 3.63) is 94.7 Å². The zero-order chi connectivity index (χ0) is 22.7. The van der Waals surface area contributed by atoms with Crippen LogP contribution in [-0.2, 0) is 0 Å². The number of nitrogens with zero attached hydrogens (tertiary/aromatic N) is 2. The molecule has 1 unspecified atom stereocenters. The van der Waals surface area contributed by atoms with Crippen molar-refractivity contribution in [3.63, 3.8) is 0 Å². The molecule has 3 N–H and O–H groups in total. The van der Waals surface area contributed by atoms with E-state index < -0.39 is 17.8 Å². The molecule has 0 aliphatic carbocycles. The van der Waals surface area contributed by atoms with Gasteiger partial charge >= 0.3 is 0 Å². The van der Waals surface area contributed by atoms with Gasteiger partial charge in [0.15, 0.2) is 0 Å². The summed E-state index contributed by atoms with van der Waals surface area (Å²) in [6.07, 6.45) is 3.44. The number of fused-ring (bicyclic) bond motifs is 1. The highest BCUT2D eigenvalue weighted by Crippen LogP contribution is 2.23. The Morgan fingerprint density at radius 3 is 2.69 bits per heavy atom. The SMILES string of the molecule is Cc1cc(Nc2cc3cc(C(=O)NC(CO)c4ccc(Cl)c(F)c4)ccc3cn2)ccn1. The highest BCUT2D eigenvalue weighted by atomic mass is 35.5. The maximum Gasteiger partial charge on any atom is 0.251 e. The third-order valence-corrected chi connectivity index (χ3v) is 5.29. The fourth-order valence-corrected chi connectivity index (χ4v) is 3.44. The average Bonchev–Trinajstić information content (AvgIpc) is 2.78. The second-order valence-electron chi connectivity index (χ2n) is 7.32. The lowest BCUT2D eigenvalue weighted by atomic mass is 10.1. The zero-order valence-electron chi connectivity index (χ0n) is 17.1. The van der Waals surface area contributed by atoms with Gasteiger partial charge in [0.05, 0.1) is 17.7 Å². The first-order valence-corrected chi connectivity index (χ1v) is 10.3. The number of benzene rings is 2. The normalized spacial score (nSPS) is 11.9. The Morgan fingerprint density at radius 2 is 1.94 bits per heavy atom. The van der Waals surface area contributed by atoms with Gasteiger partial charge in [-0.25, -0.2) is 9.37 Å². The number of aromatic nitrogens is 2. The summed E-state index contributed by atoms with van der Waals surface area (Å²) in [4.78, 5) is 21.4. The molecule has 0 aliphatic heterocycles. The molecule has 0 bridgehead atoms. The molecule has 0 saturated carbocycles. The minimum absolute atomic E-state index is 0.0220. The second kappa shape index (κ2) is 9.30. The number of aliphatic hydroxyl groups excluding tert-OH is 1. The second-order valence-corrected chi connectivity index (χ2v) is 7.73.